The molecule has 2 amide bonds. The van der Waals surface area contributed by atoms with Crippen LogP contribution in [-0.4, -0.2) is 73.9 Å². The van der Waals surface area contributed by atoms with Gasteiger partial charge in [0.05, 0.1) is 22.9 Å². The number of aryl methyl sites for hydroxylation is 1. The molecular weight excluding hydrogens is 456 g/mol. The average Bonchev–Trinajstić information content (AvgIpc) is 3.26. The van der Waals surface area contributed by atoms with E-state index in [1.54, 1.807) is 19.5 Å². The number of methoxy groups -OCH3 is 1. The Bertz CT molecular complexity index is 1220. The van der Waals surface area contributed by atoms with Crippen LogP contribution in [0.2, 0.25) is 0 Å². The third-order valence-electron chi connectivity index (χ3n) is 7.54. The Morgan fingerprint density at radius 3 is 2.58 bits per heavy atom. The smallest absolute Gasteiger partial charge is 0.274 e. The molecule has 2 aromatic heterocycles. The van der Waals surface area contributed by atoms with E-state index < -0.39 is 0 Å². The maximum atomic E-state index is 13.7. The van der Waals surface area contributed by atoms with Gasteiger partial charge in [0.25, 0.3) is 5.91 Å². The summed E-state index contributed by atoms with van der Waals surface area (Å²) in [5.74, 6) is 1.23. The van der Waals surface area contributed by atoms with E-state index in [2.05, 4.69) is 19.9 Å². The zero-order chi connectivity index (χ0) is 25.1. The molecule has 2 fully saturated rings. The van der Waals surface area contributed by atoms with Gasteiger partial charge in [0.1, 0.15) is 24.7 Å². The first-order valence-electron chi connectivity index (χ1n) is 12.9. The molecule has 190 valence electrons. The summed E-state index contributed by atoms with van der Waals surface area (Å²) in [6.07, 6.45) is 8.15. The number of benzene rings is 1. The van der Waals surface area contributed by atoms with Gasteiger partial charge in [-0.3, -0.25) is 14.6 Å². The van der Waals surface area contributed by atoms with Crippen molar-refractivity contribution in [3.8, 4) is 0 Å². The van der Waals surface area contributed by atoms with Gasteiger partial charge in [-0.25, -0.2) is 9.97 Å². The standard InChI is InChI=1S/C27H34N6O3/c1-19-15-29-22(16-28-19)27(35)31-13-10-20(11-14-31)23-8-5-6-12-32(23)26(34)17-33-24-9-4-3-7-21(24)30-25(33)18-36-2/h3-4,7,9,15-16,20,23H,5-6,8,10-14,17-18H2,1-2H3/t23-/m1/s1. The van der Waals surface area contributed by atoms with E-state index >= 15 is 0 Å². The van der Waals surface area contributed by atoms with Gasteiger partial charge in [-0.15, -0.1) is 0 Å². The molecule has 9 heteroatoms. The molecular formula is C27H34N6O3. The van der Waals surface area contributed by atoms with Crippen molar-refractivity contribution in [2.24, 2.45) is 5.92 Å². The maximum Gasteiger partial charge on any atom is 0.274 e. The Hall–Kier alpha value is -3.33. The Morgan fingerprint density at radius 1 is 1.03 bits per heavy atom. The molecule has 36 heavy (non-hydrogen) atoms. The van der Waals surface area contributed by atoms with E-state index in [1.165, 1.54) is 0 Å². The molecule has 2 saturated heterocycles. The number of amides is 2. The topological polar surface area (TPSA) is 93.5 Å². The Morgan fingerprint density at radius 2 is 1.83 bits per heavy atom. The normalized spacial score (nSPS) is 19.1. The number of carbonyl (C=O) groups excluding carboxylic acids is 2. The summed E-state index contributed by atoms with van der Waals surface area (Å²) in [6, 6.07) is 8.12. The van der Waals surface area contributed by atoms with Crippen LogP contribution in [0.4, 0.5) is 0 Å². The first kappa shape index (κ1) is 24.4. The number of fused-ring (bicyclic) bond motifs is 1. The van der Waals surface area contributed by atoms with Crippen molar-refractivity contribution < 1.29 is 14.3 Å². The fourth-order valence-electron chi connectivity index (χ4n) is 5.68. The number of hydrogen-bond donors (Lipinski definition) is 0. The number of imidazole rings is 1. The van der Waals surface area contributed by atoms with Crippen LogP contribution in [0.25, 0.3) is 11.0 Å². The summed E-state index contributed by atoms with van der Waals surface area (Å²) in [6.45, 7) is 4.64. The number of carbonyl (C=O) groups is 2. The largest absolute Gasteiger partial charge is 0.377 e. The third kappa shape index (κ3) is 4.97. The van der Waals surface area contributed by atoms with E-state index in [0.29, 0.717) is 31.3 Å². The number of nitrogens with zero attached hydrogens (tertiary/aromatic N) is 6. The molecule has 1 aromatic carbocycles. The summed E-state index contributed by atoms with van der Waals surface area (Å²) in [5.41, 5.74) is 3.03. The quantitative estimate of drug-likeness (QED) is 0.527. The first-order valence-corrected chi connectivity index (χ1v) is 12.9. The van der Waals surface area contributed by atoms with Gasteiger partial charge >= 0.3 is 0 Å². The molecule has 0 saturated carbocycles. The summed E-state index contributed by atoms with van der Waals surface area (Å²) in [4.78, 5) is 43.7. The minimum Gasteiger partial charge on any atom is -0.377 e. The number of piperidine rings is 2. The molecule has 0 aliphatic carbocycles. The third-order valence-corrected chi connectivity index (χ3v) is 7.54. The lowest BCUT2D eigenvalue weighted by atomic mass is 9.83. The van der Waals surface area contributed by atoms with Crippen molar-refractivity contribution in [2.75, 3.05) is 26.7 Å². The van der Waals surface area contributed by atoms with Gasteiger partial charge in [0.2, 0.25) is 5.91 Å². The number of rotatable bonds is 6. The maximum absolute atomic E-state index is 13.7. The fourth-order valence-corrected chi connectivity index (χ4v) is 5.68. The fraction of sp³-hybridized carbons (Fsp3) is 0.519. The lowest BCUT2D eigenvalue weighted by Crippen LogP contribution is -2.51. The summed E-state index contributed by atoms with van der Waals surface area (Å²) < 4.78 is 7.36. The van der Waals surface area contributed by atoms with Gasteiger partial charge in [0.15, 0.2) is 0 Å². The van der Waals surface area contributed by atoms with Crippen LogP contribution in [0, 0.1) is 12.8 Å². The first-order chi connectivity index (χ1) is 17.5. The monoisotopic (exact) mass is 490 g/mol. The molecule has 5 rings (SSSR count). The van der Waals surface area contributed by atoms with E-state index in [4.69, 9.17) is 4.74 Å². The predicted molar refractivity (Wildman–Crippen MR) is 135 cm³/mol. The molecule has 2 aliphatic rings. The van der Waals surface area contributed by atoms with Gasteiger partial charge in [0, 0.05) is 39.0 Å². The highest BCUT2D eigenvalue weighted by Crippen LogP contribution is 2.31. The van der Waals surface area contributed by atoms with E-state index in [9.17, 15) is 9.59 Å². The average molecular weight is 491 g/mol. The summed E-state index contributed by atoms with van der Waals surface area (Å²) in [7, 11) is 1.65. The van der Waals surface area contributed by atoms with Gasteiger partial charge in [-0.2, -0.15) is 0 Å². The van der Waals surface area contributed by atoms with Crippen molar-refractivity contribution in [3.63, 3.8) is 0 Å². The lowest BCUT2D eigenvalue weighted by Gasteiger charge is -2.43. The number of likely N-dealkylation sites (tertiary alicyclic amines) is 2. The second kappa shape index (κ2) is 10.7. The van der Waals surface area contributed by atoms with Gasteiger partial charge < -0.3 is 19.1 Å². The van der Waals surface area contributed by atoms with Crippen molar-refractivity contribution >= 4 is 22.8 Å². The van der Waals surface area contributed by atoms with E-state index in [1.807, 2.05) is 40.7 Å². The molecule has 0 bridgehead atoms. The molecule has 2 aliphatic heterocycles. The van der Waals surface area contributed by atoms with Crippen molar-refractivity contribution in [1.29, 1.82) is 0 Å². The lowest BCUT2D eigenvalue weighted by molar-refractivity contribution is -0.137. The molecule has 0 N–H and O–H groups in total. The second-order valence-corrected chi connectivity index (χ2v) is 9.86. The van der Waals surface area contributed by atoms with Crippen LogP contribution in [0.1, 0.15) is 54.1 Å². The van der Waals surface area contributed by atoms with Crippen molar-refractivity contribution in [1.82, 2.24) is 29.3 Å². The van der Waals surface area contributed by atoms with E-state index in [-0.39, 0.29) is 24.4 Å². The van der Waals surface area contributed by atoms with Crippen LogP contribution >= 0.6 is 0 Å². The predicted octanol–water partition coefficient (Wildman–Crippen LogP) is 3.21. The highest BCUT2D eigenvalue weighted by Gasteiger charge is 2.36. The number of hydrogen-bond acceptors (Lipinski definition) is 6. The Balaban J connectivity index is 1.27. The Labute approximate surface area is 211 Å². The highest BCUT2D eigenvalue weighted by molar-refractivity contribution is 5.92. The number of aromatic nitrogens is 4. The minimum atomic E-state index is -0.0600. The van der Waals surface area contributed by atoms with Gasteiger partial charge in [-0.05, 0) is 57.1 Å². The molecule has 0 unspecified atom stereocenters. The minimum absolute atomic E-state index is 0.0600. The molecule has 0 spiro atoms. The van der Waals surface area contributed by atoms with Crippen LogP contribution in [0.3, 0.4) is 0 Å². The number of ether oxygens (including phenoxy) is 1. The molecule has 0 radical (unpaired) electrons. The van der Waals surface area contributed by atoms with Crippen molar-refractivity contribution in [3.05, 3.63) is 53.9 Å². The zero-order valence-electron chi connectivity index (χ0n) is 21.1. The Kier molecular flexibility index (Phi) is 7.27. The summed E-state index contributed by atoms with van der Waals surface area (Å²) >= 11 is 0. The molecule has 9 nitrogen and oxygen atoms in total. The van der Waals surface area contributed by atoms with Crippen molar-refractivity contribution in [2.45, 2.75) is 58.2 Å². The van der Waals surface area contributed by atoms with Gasteiger partial charge in [-0.1, -0.05) is 12.1 Å². The van der Waals surface area contributed by atoms with Crippen LogP contribution in [-0.2, 0) is 22.7 Å². The zero-order valence-corrected chi connectivity index (χ0v) is 21.1. The second-order valence-electron chi connectivity index (χ2n) is 9.86. The SMILES string of the molecule is COCc1nc2ccccc2n1CC(=O)N1CCCC[C@@H]1C1CCN(C(=O)c2cnc(C)cn2)CC1. The molecule has 4 heterocycles. The van der Waals surface area contributed by atoms with Crippen LogP contribution in [0.15, 0.2) is 36.7 Å². The number of para-hydroxylation sites is 2. The highest BCUT2D eigenvalue weighted by atomic mass is 16.5. The van der Waals surface area contributed by atoms with E-state index in [0.717, 1.165) is 61.2 Å². The summed E-state index contributed by atoms with van der Waals surface area (Å²) in [5, 5.41) is 0. The van der Waals surface area contributed by atoms with Crippen LogP contribution in [0.5, 0.6) is 0 Å². The van der Waals surface area contributed by atoms with Crippen LogP contribution < -0.4 is 0 Å². The molecule has 1 atom stereocenters. The molecule has 3 aromatic rings.